The van der Waals surface area contributed by atoms with E-state index in [2.05, 4.69) is 35.4 Å². The molecule has 1 fully saturated rings. The molecule has 0 unspecified atom stereocenters. The molecule has 3 rings (SSSR count). The van der Waals surface area contributed by atoms with Crippen molar-refractivity contribution in [2.45, 2.75) is 32.7 Å². The van der Waals surface area contributed by atoms with Crippen LogP contribution in [0.25, 0.3) is 0 Å². The normalized spacial score (nSPS) is 20.1. The Balaban J connectivity index is 1.60. The molecule has 2 atom stereocenters. The minimum Gasteiger partial charge on any atom is -0.379 e. The summed E-state index contributed by atoms with van der Waals surface area (Å²) in [5, 5.41) is 3.16. The summed E-state index contributed by atoms with van der Waals surface area (Å²) < 4.78 is 5.61. The van der Waals surface area contributed by atoms with Crippen LogP contribution in [-0.4, -0.2) is 30.1 Å². The lowest BCUT2D eigenvalue weighted by Crippen LogP contribution is -2.41. The van der Waals surface area contributed by atoms with E-state index in [4.69, 9.17) is 4.74 Å². The van der Waals surface area contributed by atoms with E-state index in [-0.39, 0.29) is 11.9 Å². The molecule has 1 aromatic carbocycles. The number of amides is 1. The summed E-state index contributed by atoms with van der Waals surface area (Å²) in [5.74, 6) is 0.383. The van der Waals surface area contributed by atoms with Gasteiger partial charge in [0.15, 0.2) is 0 Å². The molecule has 126 valence electrons. The zero-order valence-corrected chi connectivity index (χ0v) is 14.3. The maximum absolute atomic E-state index is 12.5. The van der Waals surface area contributed by atoms with Crippen molar-refractivity contribution >= 4 is 5.91 Å². The lowest BCUT2D eigenvalue weighted by molar-refractivity contribution is -0.121. The number of pyridine rings is 1. The molecule has 1 aliphatic heterocycles. The Morgan fingerprint density at radius 3 is 2.79 bits per heavy atom. The lowest BCUT2D eigenvalue weighted by Gasteiger charge is -2.19. The minimum atomic E-state index is 0.0685. The van der Waals surface area contributed by atoms with Gasteiger partial charge in [-0.2, -0.15) is 0 Å². The second kappa shape index (κ2) is 7.58. The highest BCUT2D eigenvalue weighted by atomic mass is 16.5. The lowest BCUT2D eigenvalue weighted by atomic mass is 9.95. The molecule has 2 aromatic rings. The maximum atomic E-state index is 12.5. The first-order chi connectivity index (χ1) is 11.6. The van der Waals surface area contributed by atoms with E-state index in [0.29, 0.717) is 25.6 Å². The molecule has 1 N–H and O–H groups in total. The fourth-order valence-electron chi connectivity index (χ4n) is 3.20. The van der Waals surface area contributed by atoms with Gasteiger partial charge in [-0.1, -0.05) is 23.8 Å². The molecular formula is C20H24N2O2. The predicted molar refractivity (Wildman–Crippen MR) is 93.8 cm³/mol. The van der Waals surface area contributed by atoms with E-state index in [1.54, 1.807) is 12.4 Å². The van der Waals surface area contributed by atoms with E-state index in [9.17, 15) is 4.79 Å². The monoisotopic (exact) mass is 324 g/mol. The van der Waals surface area contributed by atoms with E-state index in [1.165, 1.54) is 11.1 Å². The van der Waals surface area contributed by atoms with E-state index in [1.807, 2.05) is 19.1 Å². The quantitative estimate of drug-likeness (QED) is 0.920. The van der Waals surface area contributed by atoms with Crippen molar-refractivity contribution in [2.24, 2.45) is 5.92 Å². The molecular weight excluding hydrogens is 300 g/mol. The van der Waals surface area contributed by atoms with Gasteiger partial charge < -0.3 is 10.1 Å². The van der Waals surface area contributed by atoms with Crippen LogP contribution in [0.5, 0.6) is 0 Å². The zero-order valence-electron chi connectivity index (χ0n) is 14.3. The van der Waals surface area contributed by atoms with Crippen LogP contribution in [0.2, 0.25) is 0 Å². The number of aryl methyl sites for hydroxylation is 2. The minimum absolute atomic E-state index is 0.0685. The van der Waals surface area contributed by atoms with Gasteiger partial charge in [-0.3, -0.25) is 9.78 Å². The molecule has 0 spiro atoms. The second-order valence-electron chi connectivity index (χ2n) is 6.64. The van der Waals surface area contributed by atoms with Gasteiger partial charge in [0.05, 0.1) is 25.7 Å². The largest absolute Gasteiger partial charge is 0.379 e. The number of nitrogens with one attached hydrogen (secondary N) is 1. The molecule has 4 heteroatoms. The van der Waals surface area contributed by atoms with Crippen molar-refractivity contribution in [3.63, 3.8) is 0 Å². The maximum Gasteiger partial charge on any atom is 0.224 e. The van der Waals surface area contributed by atoms with Crippen molar-refractivity contribution in [3.8, 4) is 0 Å². The summed E-state index contributed by atoms with van der Waals surface area (Å²) in [6.45, 7) is 5.38. The molecule has 1 amide bonds. The first-order valence-corrected chi connectivity index (χ1v) is 8.44. The average molecular weight is 324 g/mol. The van der Waals surface area contributed by atoms with Crippen molar-refractivity contribution in [1.82, 2.24) is 10.3 Å². The number of hydrogen-bond acceptors (Lipinski definition) is 3. The number of hydrogen-bond donors (Lipinski definition) is 1. The number of rotatable bonds is 5. The first-order valence-electron chi connectivity index (χ1n) is 8.44. The third-order valence-electron chi connectivity index (χ3n) is 4.65. The molecule has 0 aliphatic carbocycles. The summed E-state index contributed by atoms with van der Waals surface area (Å²) in [5.41, 5.74) is 4.67. The summed E-state index contributed by atoms with van der Waals surface area (Å²) in [6.07, 6.45) is 4.93. The van der Waals surface area contributed by atoms with Crippen molar-refractivity contribution in [2.75, 3.05) is 13.2 Å². The topological polar surface area (TPSA) is 51.2 Å². The number of carbonyl (C=O) groups excluding carboxylic acids is 1. The smallest absolute Gasteiger partial charge is 0.224 e. The second-order valence-corrected chi connectivity index (χ2v) is 6.64. The predicted octanol–water partition coefficient (Wildman–Crippen LogP) is 2.61. The first kappa shape index (κ1) is 16.7. The highest BCUT2D eigenvalue weighted by Gasteiger charge is 2.29. The molecule has 4 nitrogen and oxygen atoms in total. The Morgan fingerprint density at radius 2 is 2.00 bits per heavy atom. The van der Waals surface area contributed by atoms with Crippen LogP contribution in [0.1, 0.15) is 22.3 Å². The SMILES string of the molecule is Cc1ccc(C)c(CC(=O)N[C@@H]2COC[C@H]2Cc2ccncc2)c1. The fourth-order valence-corrected chi connectivity index (χ4v) is 3.20. The Kier molecular flexibility index (Phi) is 5.26. The van der Waals surface area contributed by atoms with E-state index >= 15 is 0 Å². The Morgan fingerprint density at radius 1 is 1.21 bits per heavy atom. The van der Waals surface area contributed by atoms with Gasteiger partial charge in [-0.25, -0.2) is 0 Å². The van der Waals surface area contributed by atoms with Gasteiger partial charge in [0.2, 0.25) is 5.91 Å². The summed E-state index contributed by atoms with van der Waals surface area (Å²) in [6, 6.07) is 10.4. The van der Waals surface area contributed by atoms with Crippen LogP contribution in [0, 0.1) is 19.8 Å². The molecule has 24 heavy (non-hydrogen) atoms. The number of ether oxygens (including phenoxy) is 1. The summed E-state index contributed by atoms with van der Waals surface area (Å²) in [7, 11) is 0. The number of benzene rings is 1. The van der Waals surface area contributed by atoms with Crippen LogP contribution >= 0.6 is 0 Å². The Hall–Kier alpha value is -2.20. The standard InChI is InChI=1S/C20H24N2O2/c1-14-3-4-15(2)17(9-14)11-20(23)22-19-13-24-12-18(19)10-16-5-7-21-8-6-16/h3-9,18-19H,10-13H2,1-2H3,(H,22,23)/t18-,19-/m1/s1. The highest BCUT2D eigenvalue weighted by molar-refractivity contribution is 5.79. The highest BCUT2D eigenvalue weighted by Crippen LogP contribution is 2.19. The zero-order chi connectivity index (χ0) is 16.9. The van der Waals surface area contributed by atoms with Gasteiger partial charge in [0.1, 0.15) is 0 Å². The average Bonchev–Trinajstić information content (AvgIpc) is 2.99. The summed E-state index contributed by atoms with van der Waals surface area (Å²) >= 11 is 0. The van der Waals surface area contributed by atoms with Gasteiger partial charge in [-0.05, 0) is 49.1 Å². The van der Waals surface area contributed by atoms with Crippen molar-refractivity contribution in [3.05, 3.63) is 65.0 Å². The van der Waals surface area contributed by atoms with Gasteiger partial charge >= 0.3 is 0 Å². The van der Waals surface area contributed by atoms with Crippen LogP contribution in [-0.2, 0) is 22.4 Å². The van der Waals surface area contributed by atoms with Gasteiger partial charge in [0.25, 0.3) is 0 Å². The number of nitrogens with zero attached hydrogens (tertiary/aromatic N) is 1. The number of aromatic nitrogens is 1. The van der Waals surface area contributed by atoms with E-state index in [0.717, 1.165) is 17.5 Å². The third kappa shape index (κ3) is 4.20. The van der Waals surface area contributed by atoms with Crippen LogP contribution in [0.15, 0.2) is 42.7 Å². The number of carbonyl (C=O) groups is 1. The van der Waals surface area contributed by atoms with Crippen molar-refractivity contribution < 1.29 is 9.53 Å². The molecule has 0 saturated carbocycles. The van der Waals surface area contributed by atoms with E-state index < -0.39 is 0 Å². The van der Waals surface area contributed by atoms with Crippen LogP contribution in [0.3, 0.4) is 0 Å². The molecule has 1 aliphatic rings. The van der Waals surface area contributed by atoms with Crippen LogP contribution in [0.4, 0.5) is 0 Å². The van der Waals surface area contributed by atoms with Gasteiger partial charge in [0, 0.05) is 18.3 Å². The Bertz CT molecular complexity index is 700. The third-order valence-corrected chi connectivity index (χ3v) is 4.65. The van der Waals surface area contributed by atoms with Gasteiger partial charge in [-0.15, -0.1) is 0 Å². The fraction of sp³-hybridized carbons (Fsp3) is 0.400. The molecule has 0 bridgehead atoms. The molecule has 1 saturated heterocycles. The molecule has 1 aromatic heterocycles. The van der Waals surface area contributed by atoms with Crippen LogP contribution < -0.4 is 5.32 Å². The molecule has 2 heterocycles. The summed E-state index contributed by atoms with van der Waals surface area (Å²) in [4.78, 5) is 16.5. The Labute approximate surface area is 143 Å². The van der Waals surface area contributed by atoms with Crippen molar-refractivity contribution in [1.29, 1.82) is 0 Å². The molecule has 0 radical (unpaired) electrons.